The van der Waals surface area contributed by atoms with Crippen molar-refractivity contribution in [1.82, 2.24) is 15.3 Å². The van der Waals surface area contributed by atoms with Crippen LogP contribution in [-0.2, 0) is 20.1 Å². The molecule has 252 valence electrons. The summed E-state index contributed by atoms with van der Waals surface area (Å²) in [6, 6.07) is 17.8. The number of pyridine rings is 1. The Hall–Kier alpha value is -4.50. The Labute approximate surface area is 298 Å². The Kier molecular flexibility index (Phi) is 12.2. The Morgan fingerprint density at radius 3 is 2.35 bits per heavy atom. The minimum absolute atomic E-state index is 0.233. The van der Waals surface area contributed by atoms with Gasteiger partial charge in [0.15, 0.2) is 0 Å². The number of ether oxygens (including phenoxy) is 2. The Morgan fingerprint density at radius 2 is 1.69 bits per heavy atom. The van der Waals surface area contributed by atoms with Crippen molar-refractivity contribution in [3.05, 3.63) is 75.8 Å². The van der Waals surface area contributed by atoms with Crippen LogP contribution in [0.2, 0.25) is 5.02 Å². The molecule has 0 aliphatic carbocycles. The van der Waals surface area contributed by atoms with Gasteiger partial charge in [0, 0.05) is 46.9 Å². The number of carbonyl (C=O) groups is 2. The number of esters is 2. The van der Waals surface area contributed by atoms with Gasteiger partial charge >= 0.3 is 11.9 Å². The molecule has 1 fully saturated rings. The molecule has 0 amide bonds. The summed E-state index contributed by atoms with van der Waals surface area (Å²) in [4.78, 5) is 35.4. The van der Waals surface area contributed by atoms with Crippen LogP contribution in [0.1, 0.15) is 43.5 Å². The van der Waals surface area contributed by atoms with Crippen LogP contribution in [0.15, 0.2) is 58.9 Å². The normalized spacial score (nSPS) is 13.7. The highest BCUT2D eigenvalue weighted by molar-refractivity contribution is 7.98. The zero-order valence-electron chi connectivity index (χ0n) is 26.9. The number of anilines is 1. The van der Waals surface area contributed by atoms with E-state index in [0.29, 0.717) is 56.2 Å². The number of rotatable bonds is 13. The lowest BCUT2D eigenvalue weighted by Gasteiger charge is -2.22. The lowest BCUT2D eigenvalue weighted by molar-refractivity contribution is -0.161. The zero-order chi connectivity index (χ0) is 34.9. The molecule has 0 saturated carbocycles. The van der Waals surface area contributed by atoms with E-state index < -0.39 is 24.0 Å². The molecule has 0 spiro atoms. The number of carbonyl (C=O) groups excluding carboxylic acids is 2. The Morgan fingerprint density at radius 1 is 1.02 bits per heavy atom. The predicted octanol–water partition coefficient (Wildman–Crippen LogP) is 5.94. The summed E-state index contributed by atoms with van der Waals surface area (Å²) in [5, 5.41) is 27.8. The number of benzene rings is 2. The number of nitrogens with two attached hydrogens (primary N) is 1. The second-order valence-electron chi connectivity index (χ2n) is 11.3. The van der Waals surface area contributed by atoms with Crippen LogP contribution < -0.4 is 20.7 Å². The highest BCUT2D eigenvalue weighted by Crippen LogP contribution is 2.40. The molecule has 0 radical (unpaired) electrons. The largest absolute Gasteiger partial charge is 0.492 e. The zero-order valence-corrected chi connectivity index (χ0v) is 29.3. The van der Waals surface area contributed by atoms with Crippen molar-refractivity contribution in [3.8, 4) is 39.6 Å². The number of halogens is 1. The first-order chi connectivity index (χ1) is 23.7. The third-order valence-corrected chi connectivity index (χ3v) is 9.87. The molecular formula is C35H34ClN7O4S2. The van der Waals surface area contributed by atoms with Crippen LogP contribution in [0.3, 0.4) is 0 Å². The van der Waals surface area contributed by atoms with E-state index in [9.17, 15) is 20.1 Å². The van der Waals surface area contributed by atoms with E-state index in [1.807, 2.05) is 41.8 Å². The van der Waals surface area contributed by atoms with Crippen molar-refractivity contribution >= 4 is 52.5 Å². The molecule has 0 bridgehead atoms. The van der Waals surface area contributed by atoms with Gasteiger partial charge in [-0.15, -0.1) is 11.3 Å². The molecule has 11 nitrogen and oxygen atoms in total. The molecule has 3 heterocycles. The van der Waals surface area contributed by atoms with E-state index in [1.54, 1.807) is 19.1 Å². The maximum atomic E-state index is 12.0. The van der Waals surface area contributed by atoms with Gasteiger partial charge in [0.1, 0.15) is 58.0 Å². The maximum Gasteiger partial charge on any atom is 0.330 e. The van der Waals surface area contributed by atoms with Crippen molar-refractivity contribution in [2.45, 2.75) is 49.6 Å². The fourth-order valence-corrected chi connectivity index (χ4v) is 7.01. The van der Waals surface area contributed by atoms with Gasteiger partial charge < -0.3 is 25.4 Å². The number of thioether (sulfide) groups is 1. The predicted molar refractivity (Wildman–Crippen MR) is 190 cm³/mol. The molecule has 0 unspecified atom stereocenters. The third kappa shape index (κ3) is 8.95. The summed E-state index contributed by atoms with van der Waals surface area (Å²) >= 11 is 9.02. The van der Waals surface area contributed by atoms with E-state index in [4.69, 9.17) is 36.8 Å². The molecule has 14 heteroatoms. The van der Waals surface area contributed by atoms with Gasteiger partial charge in [-0.05, 0) is 56.5 Å². The highest BCUT2D eigenvalue weighted by Gasteiger charge is 2.26. The number of nitrogens with one attached hydrogen (secondary N) is 1. The van der Waals surface area contributed by atoms with Crippen LogP contribution in [0.5, 0.6) is 5.75 Å². The van der Waals surface area contributed by atoms with E-state index >= 15 is 0 Å². The first-order valence-corrected chi connectivity index (χ1v) is 17.9. The lowest BCUT2D eigenvalue weighted by atomic mass is 9.96. The minimum atomic E-state index is -0.890. The molecule has 1 aliphatic rings. The van der Waals surface area contributed by atoms with Gasteiger partial charge in [0.05, 0.1) is 11.3 Å². The monoisotopic (exact) mass is 715 g/mol. The van der Waals surface area contributed by atoms with Crippen molar-refractivity contribution in [2.75, 3.05) is 31.1 Å². The summed E-state index contributed by atoms with van der Waals surface area (Å²) in [5.41, 5.74) is 9.20. The van der Waals surface area contributed by atoms with E-state index in [1.165, 1.54) is 30.0 Å². The Bertz CT molecular complexity index is 1880. The van der Waals surface area contributed by atoms with Gasteiger partial charge in [-0.3, -0.25) is 0 Å². The van der Waals surface area contributed by atoms with Crippen LogP contribution in [-0.4, -0.2) is 60.2 Å². The summed E-state index contributed by atoms with van der Waals surface area (Å²) in [5.74, 6) is 0.137. The number of nitriles is 2. The molecule has 2 atom stereocenters. The summed E-state index contributed by atoms with van der Waals surface area (Å²) < 4.78 is 10.6. The molecule has 5 rings (SSSR count). The SMILES string of the molecule is C[C@H](N)C(=O)OC(=O)[C@H](C)NCCOc1ccc(-c2c(C#N)c(SCc3csc(-c4ccc(Cl)cc4)n3)nc(N3CCCC3)c2C#N)cc1. The highest BCUT2D eigenvalue weighted by atomic mass is 35.5. The average molecular weight is 716 g/mol. The van der Waals surface area contributed by atoms with Crippen molar-refractivity contribution in [3.63, 3.8) is 0 Å². The molecule has 1 saturated heterocycles. The van der Waals surface area contributed by atoms with Crippen molar-refractivity contribution in [2.24, 2.45) is 5.73 Å². The second kappa shape index (κ2) is 16.7. The van der Waals surface area contributed by atoms with Gasteiger partial charge in [0.25, 0.3) is 0 Å². The average Bonchev–Trinajstić information content (AvgIpc) is 3.82. The first kappa shape index (κ1) is 35.8. The Balaban J connectivity index is 1.33. The van der Waals surface area contributed by atoms with E-state index in [0.717, 1.165) is 42.2 Å². The molecule has 49 heavy (non-hydrogen) atoms. The second-order valence-corrected chi connectivity index (χ2v) is 13.6. The van der Waals surface area contributed by atoms with Gasteiger partial charge in [-0.2, -0.15) is 10.5 Å². The lowest BCUT2D eigenvalue weighted by Crippen LogP contribution is -2.41. The third-order valence-electron chi connectivity index (χ3n) is 7.66. The molecular weight excluding hydrogens is 682 g/mol. The van der Waals surface area contributed by atoms with Crippen molar-refractivity contribution < 1.29 is 19.1 Å². The van der Waals surface area contributed by atoms with Crippen LogP contribution in [0.25, 0.3) is 21.7 Å². The fourth-order valence-electron chi connectivity index (χ4n) is 5.08. The van der Waals surface area contributed by atoms with Crippen LogP contribution >= 0.6 is 34.7 Å². The number of thiazole rings is 1. The summed E-state index contributed by atoms with van der Waals surface area (Å²) in [7, 11) is 0. The van der Waals surface area contributed by atoms with Gasteiger partial charge in [-0.25, -0.2) is 19.6 Å². The molecule has 1 aliphatic heterocycles. The summed E-state index contributed by atoms with van der Waals surface area (Å²) in [6.07, 6.45) is 2.01. The van der Waals surface area contributed by atoms with Gasteiger partial charge in [-0.1, -0.05) is 47.6 Å². The quantitative estimate of drug-likeness (QED) is 0.0725. The summed E-state index contributed by atoms with van der Waals surface area (Å²) in [6.45, 7) is 5.14. The van der Waals surface area contributed by atoms with E-state index in [-0.39, 0.29) is 6.61 Å². The minimum Gasteiger partial charge on any atom is -0.492 e. The smallest absolute Gasteiger partial charge is 0.330 e. The topological polar surface area (TPSA) is 167 Å². The molecule has 2 aromatic carbocycles. The van der Waals surface area contributed by atoms with E-state index in [2.05, 4.69) is 22.4 Å². The number of hydrogen-bond acceptors (Lipinski definition) is 13. The molecule has 2 aromatic heterocycles. The fraction of sp³-hybridized carbons (Fsp3) is 0.314. The number of aromatic nitrogens is 2. The van der Waals surface area contributed by atoms with Gasteiger partial charge in [0.2, 0.25) is 0 Å². The maximum absolute atomic E-state index is 12.0. The molecule has 3 N–H and O–H groups in total. The van der Waals surface area contributed by atoms with Crippen LogP contribution in [0.4, 0.5) is 5.82 Å². The van der Waals surface area contributed by atoms with Crippen molar-refractivity contribution in [1.29, 1.82) is 10.5 Å². The number of hydrogen-bond donors (Lipinski definition) is 2. The molecule has 4 aromatic rings. The standard InChI is InChI=1S/C35H34ClN7O4S2/c1-21(39)34(44)47-35(45)22(2)40-13-16-46-27-11-7-23(8-12-27)30-28(17-37)31(43-14-3-4-15-43)42-33(29(30)18-38)49-20-26-19-48-32(41-26)24-5-9-25(36)10-6-24/h5-12,19,21-22,40H,3-4,13-16,20,39H2,1-2H3/t21-,22-/m0/s1. The van der Waals surface area contributed by atoms with Crippen LogP contribution in [0, 0.1) is 22.7 Å². The first-order valence-electron chi connectivity index (χ1n) is 15.6. The number of nitrogens with zero attached hydrogens (tertiary/aromatic N) is 5.